The Kier molecular flexibility index (Phi) is 11.2. The second-order valence-electron chi connectivity index (χ2n) is 5.87. The molecule has 0 aromatic rings. The van der Waals surface area contributed by atoms with Crippen LogP contribution in [0, 0.1) is 5.92 Å². The molecule has 3 N–H and O–H groups in total. The summed E-state index contributed by atoms with van der Waals surface area (Å²) in [4.78, 5) is 6.74. The number of ether oxygens (including phenoxy) is 2. The van der Waals surface area contributed by atoms with Crippen LogP contribution in [0.2, 0.25) is 0 Å². The number of hydrogen-bond donors (Lipinski definition) is 2. The summed E-state index contributed by atoms with van der Waals surface area (Å²) in [7, 11) is 0. The Labute approximate surface area is 151 Å². The summed E-state index contributed by atoms with van der Waals surface area (Å²) >= 11 is 0. The van der Waals surface area contributed by atoms with E-state index in [2.05, 4.69) is 15.2 Å². The number of nitrogens with two attached hydrogens (primary N) is 1. The predicted octanol–water partition coefficient (Wildman–Crippen LogP) is 1.05. The van der Waals surface area contributed by atoms with Gasteiger partial charge in [0.15, 0.2) is 5.96 Å². The molecule has 1 saturated carbocycles. The maximum atomic E-state index is 5.83. The van der Waals surface area contributed by atoms with Gasteiger partial charge in [0.05, 0.1) is 13.2 Å². The summed E-state index contributed by atoms with van der Waals surface area (Å²) in [5.41, 5.74) is 5.83. The SMILES string of the molecule is I.NC(=NCCCOCC1CC1)NCCCN1CCOCC1. The van der Waals surface area contributed by atoms with Crippen molar-refractivity contribution in [2.45, 2.75) is 25.7 Å². The smallest absolute Gasteiger partial charge is 0.188 e. The molecule has 0 spiro atoms. The van der Waals surface area contributed by atoms with Crippen molar-refractivity contribution < 1.29 is 9.47 Å². The molecule has 22 heavy (non-hydrogen) atoms. The molecule has 2 rings (SSSR count). The zero-order valence-electron chi connectivity index (χ0n) is 13.5. The normalized spacial score (nSPS) is 19.7. The highest BCUT2D eigenvalue weighted by molar-refractivity contribution is 14.0. The van der Waals surface area contributed by atoms with Crippen molar-refractivity contribution in [3.8, 4) is 0 Å². The Morgan fingerprint density at radius 1 is 1.27 bits per heavy atom. The largest absolute Gasteiger partial charge is 0.381 e. The van der Waals surface area contributed by atoms with E-state index in [1.807, 2.05) is 0 Å². The van der Waals surface area contributed by atoms with Gasteiger partial charge in [-0.1, -0.05) is 0 Å². The predicted molar refractivity (Wildman–Crippen MR) is 99.9 cm³/mol. The Morgan fingerprint density at radius 2 is 2.05 bits per heavy atom. The Morgan fingerprint density at radius 3 is 2.77 bits per heavy atom. The first-order valence-corrected chi connectivity index (χ1v) is 8.26. The first-order valence-electron chi connectivity index (χ1n) is 8.26. The molecule has 0 bridgehead atoms. The summed E-state index contributed by atoms with van der Waals surface area (Å²) in [6.07, 6.45) is 4.72. The molecule has 6 nitrogen and oxygen atoms in total. The number of guanidine groups is 1. The first kappa shape index (κ1) is 19.9. The fourth-order valence-electron chi connectivity index (χ4n) is 2.30. The molecule has 7 heteroatoms. The number of nitrogens with zero attached hydrogens (tertiary/aromatic N) is 2. The fraction of sp³-hybridized carbons (Fsp3) is 0.933. The van der Waals surface area contributed by atoms with Gasteiger partial charge in [-0.15, -0.1) is 24.0 Å². The standard InChI is InChI=1S/C15H30N4O2.HI/c16-15(18-6-2-10-21-13-14-3-4-14)17-5-1-7-19-8-11-20-12-9-19;/h14H,1-13H2,(H3,16,17,18);1H. The van der Waals surface area contributed by atoms with Crippen molar-refractivity contribution in [1.82, 2.24) is 10.2 Å². The van der Waals surface area contributed by atoms with E-state index in [0.717, 1.165) is 77.9 Å². The van der Waals surface area contributed by atoms with Crippen molar-refractivity contribution in [3.63, 3.8) is 0 Å². The molecule has 0 amide bonds. The molecule has 1 aliphatic carbocycles. The van der Waals surface area contributed by atoms with Crippen LogP contribution in [-0.2, 0) is 9.47 Å². The van der Waals surface area contributed by atoms with Crippen LogP contribution in [0.3, 0.4) is 0 Å². The Hall–Kier alpha value is -0.120. The third-order valence-corrected chi connectivity index (χ3v) is 3.84. The number of halogens is 1. The molecule has 0 aromatic heterocycles. The van der Waals surface area contributed by atoms with Gasteiger partial charge in [-0.2, -0.15) is 0 Å². The number of aliphatic imine (C=N–C) groups is 1. The third kappa shape index (κ3) is 9.81. The summed E-state index contributed by atoms with van der Waals surface area (Å²) in [5, 5.41) is 3.17. The van der Waals surface area contributed by atoms with Gasteiger partial charge in [-0.25, -0.2) is 0 Å². The molecule has 0 radical (unpaired) electrons. The van der Waals surface area contributed by atoms with E-state index in [9.17, 15) is 0 Å². The second kappa shape index (κ2) is 12.3. The summed E-state index contributed by atoms with van der Waals surface area (Å²) in [6, 6.07) is 0. The molecule has 2 fully saturated rings. The van der Waals surface area contributed by atoms with Crippen LogP contribution in [0.5, 0.6) is 0 Å². The topological polar surface area (TPSA) is 72.1 Å². The van der Waals surface area contributed by atoms with Gasteiger partial charge in [-0.3, -0.25) is 9.89 Å². The molecule has 2 aliphatic rings. The fourth-order valence-corrected chi connectivity index (χ4v) is 2.30. The van der Waals surface area contributed by atoms with Crippen molar-refractivity contribution >= 4 is 29.9 Å². The lowest BCUT2D eigenvalue weighted by Gasteiger charge is -2.26. The molecule has 0 atom stereocenters. The summed E-state index contributed by atoms with van der Waals surface area (Å²) < 4.78 is 10.9. The second-order valence-corrected chi connectivity index (χ2v) is 5.87. The molecular formula is C15H31IN4O2. The highest BCUT2D eigenvalue weighted by atomic mass is 127. The first-order chi connectivity index (χ1) is 10.3. The lowest BCUT2D eigenvalue weighted by Crippen LogP contribution is -2.39. The Balaban J connectivity index is 0.00000242. The minimum absolute atomic E-state index is 0. The van der Waals surface area contributed by atoms with E-state index in [4.69, 9.17) is 15.2 Å². The lowest BCUT2D eigenvalue weighted by molar-refractivity contribution is 0.0376. The molecule has 0 unspecified atom stereocenters. The van der Waals surface area contributed by atoms with Crippen LogP contribution in [0.25, 0.3) is 0 Å². The van der Waals surface area contributed by atoms with Gasteiger partial charge >= 0.3 is 0 Å². The average Bonchev–Trinajstić information content (AvgIpc) is 3.32. The van der Waals surface area contributed by atoms with E-state index in [-0.39, 0.29) is 24.0 Å². The van der Waals surface area contributed by atoms with E-state index >= 15 is 0 Å². The van der Waals surface area contributed by atoms with Gasteiger partial charge in [0.1, 0.15) is 0 Å². The molecular weight excluding hydrogens is 395 g/mol. The summed E-state index contributed by atoms with van der Waals surface area (Å²) in [5.74, 6) is 1.39. The third-order valence-electron chi connectivity index (χ3n) is 3.84. The number of nitrogens with one attached hydrogen (secondary N) is 1. The summed E-state index contributed by atoms with van der Waals surface area (Å²) in [6.45, 7) is 8.26. The van der Waals surface area contributed by atoms with E-state index < -0.39 is 0 Å². The van der Waals surface area contributed by atoms with Crippen LogP contribution in [0.15, 0.2) is 4.99 Å². The van der Waals surface area contributed by atoms with E-state index in [1.165, 1.54) is 12.8 Å². The number of hydrogen-bond acceptors (Lipinski definition) is 4. The van der Waals surface area contributed by atoms with Gasteiger partial charge < -0.3 is 20.5 Å². The molecule has 1 saturated heterocycles. The molecule has 1 heterocycles. The van der Waals surface area contributed by atoms with Crippen LogP contribution < -0.4 is 11.1 Å². The highest BCUT2D eigenvalue weighted by Gasteiger charge is 2.20. The zero-order valence-corrected chi connectivity index (χ0v) is 15.8. The van der Waals surface area contributed by atoms with E-state index in [1.54, 1.807) is 0 Å². The van der Waals surface area contributed by atoms with Crippen molar-refractivity contribution in [3.05, 3.63) is 0 Å². The zero-order chi connectivity index (χ0) is 14.8. The number of morpholine rings is 1. The minimum atomic E-state index is 0. The molecule has 1 aliphatic heterocycles. The van der Waals surface area contributed by atoms with Crippen LogP contribution in [0.4, 0.5) is 0 Å². The monoisotopic (exact) mass is 426 g/mol. The minimum Gasteiger partial charge on any atom is -0.381 e. The maximum Gasteiger partial charge on any atom is 0.188 e. The quantitative estimate of drug-likeness (QED) is 0.237. The van der Waals surface area contributed by atoms with Gasteiger partial charge in [0, 0.05) is 39.4 Å². The molecule has 0 aromatic carbocycles. The van der Waals surface area contributed by atoms with Crippen LogP contribution in [-0.4, -0.2) is 70.0 Å². The van der Waals surface area contributed by atoms with Crippen LogP contribution >= 0.6 is 24.0 Å². The maximum absolute atomic E-state index is 5.83. The van der Waals surface area contributed by atoms with Gasteiger partial charge in [0.25, 0.3) is 0 Å². The van der Waals surface area contributed by atoms with Crippen molar-refractivity contribution in [2.24, 2.45) is 16.6 Å². The van der Waals surface area contributed by atoms with E-state index in [0.29, 0.717) is 5.96 Å². The lowest BCUT2D eigenvalue weighted by atomic mass is 10.3. The van der Waals surface area contributed by atoms with Crippen LogP contribution in [0.1, 0.15) is 25.7 Å². The average molecular weight is 426 g/mol. The highest BCUT2D eigenvalue weighted by Crippen LogP contribution is 2.28. The van der Waals surface area contributed by atoms with Crippen molar-refractivity contribution in [1.29, 1.82) is 0 Å². The Bertz CT molecular complexity index is 308. The van der Waals surface area contributed by atoms with Gasteiger partial charge in [0.2, 0.25) is 0 Å². The number of rotatable bonds is 10. The van der Waals surface area contributed by atoms with Gasteiger partial charge in [-0.05, 0) is 38.1 Å². The van der Waals surface area contributed by atoms with Crippen molar-refractivity contribution in [2.75, 3.05) is 59.2 Å². The molecule has 130 valence electrons.